The summed E-state index contributed by atoms with van der Waals surface area (Å²) in [6, 6.07) is 14.9. The van der Waals surface area contributed by atoms with Gasteiger partial charge in [0, 0.05) is 53.4 Å². The summed E-state index contributed by atoms with van der Waals surface area (Å²) in [5.74, 6) is 0.114. The smallest absolute Gasteiger partial charge is 0.253 e. The van der Waals surface area contributed by atoms with Gasteiger partial charge in [-0.15, -0.1) is 0 Å². The number of hydrogen-bond donors (Lipinski definition) is 1. The van der Waals surface area contributed by atoms with Crippen LogP contribution in [-0.4, -0.2) is 47.8 Å². The quantitative estimate of drug-likeness (QED) is 0.567. The third-order valence-corrected chi connectivity index (χ3v) is 6.45. The number of halogens is 1. The lowest BCUT2D eigenvalue weighted by Crippen LogP contribution is -2.62. The lowest BCUT2D eigenvalue weighted by molar-refractivity contribution is -0.140. The molecule has 0 radical (unpaired) electrons. The number of carbonyl (C=O) groups excluding carboxylic acids is 2. The van der Waals surface area contributed by atoms with Crippen molar-refractivity contribution in [2.24, 2.45) is 5.41 Å². The van der Waals surface area contributed by atoms with Crippen LogP contribution < -0.4 is 5.73 Å². The average Bonchev–Trinajstić information content (AvgIpc) is 2.71. The third-order valence-electron chi connectivity index (χ3n) is 5.92. The molecule has 29 heavy (non-hydrogen) atoms. The van der Waals surface area contributed by atoms with Gasteiger partial charge in [0.05, 0.1) is 0 Å². The monoisotopic (exact) mass is 453 g/mol. The summed E-state index contributed by atoms with van der Waals surface area (Å²) in [5, 5.41) is 0. The van der Waals surface area contributed by atoms with Gasteiger partial charge in [-0.25, -0.2) is 0 Å². The van der Waals surface area contributed by atoms with Gasteiger partial charge in [0.25, 0.3) is 5.91 Å². The van der Waals surface area contributed by atoms with Crippen LogP contribution in [0.1, 0.15) is 28.8 Å². The van der Waals surface area contributed by atoms with Crippen molar-refractivity contribution in [3.05, 3.63) is 70.2 Å². The first-order chi connectivity index (χ1) is 13.9. The lowest BCUT2D eigenvalue weighted by atomic mass is 9.72. The zero-order valence-electron chi connectivity index (χ0n) is 16.2. The van der Waals surface area contributed by atoms with Crippen LogP contribution in [0.25, 0.3) is 6.08 Å². The molecule has 150 valence electrons. The highest BCUT2D eigenvalue weighted by Gasteiger charge is 2.46. The van der Waals surface area contributed by atoms with Gasteiger partial charge >= 0.3 is 0 Å². The number of anilines is 1. The number of nitrogens with two attached hydrogens (primary N) is 1. The summed E-state index contributed by atoms with van der Waals surface area (Å²) in [4.78, 5) is 28.9. The minimum absolute atomic E-state index is 0.0546. The molecule has 6 heteroatoms. The van der Waals surface area contributed by atoms with Gasteiger partial charge in [0.15, 0.2) is 0 Å². The van der Waals surface area contributed by atoms with Gasteiger partial charge < -0.3 is 15.5 Å². The normalized spacial score (nSPS) is 18.1. The number of nitrogen functional groups attached to an aromatic ring is 1. The van der Waals surface area contributed by atoms with Crippen molar-refractivity contribution < 1.29 is 9.59 Å². The third kappa shape index (κ3) is 4.37. The molecular formula is C23H24BrN3O2. The fraction of sp³-hybridized carbons (Fsp3) is 0.304. The number of hydrogen-bond acceptors (Lipinski definition) is 3. The van der Waals surface area contributed by atoms with E-state index in [1.807, 2.05) is 40.1 Å². The molecule has 2 saturated heterocycles. The van der Waals surface area contributed by atoms with E-state index in [1.54, 1.807) is 30.3 Å². The predicted octanol–water partition coefficient (Wildman–Crippen LogP) is 3.81. The molecule has 2 aromatic carbocycles. The molecule has 2 N–H and O–H groups in total. The van der Waals surface area contributed by atoms with Crippen molar-refractivity contribution in [2.45, 2.75) is 12.8 Å². The molecule has 5 nitrogen and oxygen atoms in total. The standard InChI is InChI=1S/C23H24BrN3O2/c24-19-6-1-17(2-7-19)3-10-21(28)27-15-23(16-27)11-13-26(14-12-23)22(29)18-4-8-20(25)9-5-18/h1-10H,11-16,25H2. The Morgan fingerprint density at radius 2 is 1.55 bits per heavy atom. The number of benzene rings is 2. The van der Waals surface area contributed by atoms with Crippen LogP contribution in [0.15, 0.2) is 59.1 Å². The van der Waals surface area contributed by atoms with Crippen molar-refractivity contribution in [3.8, 4) is 0 Å². The van der Waals surface area contributed by atoms with E-state index in [4.69, 9.17) is 5.73 Å². The maximum Gasteiger partial charge on any atom is 0.253 e. The SMILES string of the molecule is Nc1ccc(C(=O)N2CCC3(CC2)CN(C(=O)C=Cc2ccc(Br)cc2)C3)cc1. The Morgan fingerprint density at radius 3 is 2.17 bits per heavy atom. The number of carbonyl (C=O) groups is 2. The topological polar surface area (TPSA) is 66.6 Å². The molecule has 2 aliphatic heterocycles. The molecule has 2 fully saturated rings. The Morgan fingerprint density at radius 1 is 0.931 bits per heavy atom. The van der Waals surface area contributed by atoms with E-state index in [-0.39, 0.29) is 17.2 Å². The molecule has 2 aliphatic rings. The van der Waals surface area contributed by atoms with Gasteiger partial charge in [-0.3, -0.25) is 9.59 Å². The summed E-state index contributed by atoms with van der Waals surface area (Å²) < 4.78 is 1.02. The summed E-state index contributed by atoms with van der Waals surface area (Å²) in [5.41, 5.74) is 8.21. The van der Waals surface area contributed by atoms with E-state index in [0.717, 1.165) is 49.1 Å². The molecule has 0 atom stereocenters. The van der Waals surface area contributed by atoms with Gasteiger partial charge in [-0.05, 0) is 60.9 Å². The summed E-state index contributed by atoms with van der Waals surface area (Å²) in [6.45, 7) is 3.03. The van der Waals surface area contributed by atoms with Crippen LogP contribution in [0.3, 0.4) is 0 Å². The molecule has 4 rings (SSSR count). The Bertz CT molecular complexity index is 922. The maximum absolute atomic E-state index is 12.7. The molecule has 2 aromatic rings. The van der Waals surface area contributed by atoms with E-state index in [2.05, 4.69) is 15.9 Å². The minimum Gasteiger partial charge on any atom is -0.399 e. The van der Waals surface area contributed by atoms with Crippen LogP contribution in [0, 0.1) is 5.41 Å². The largest absolute Gasteiger partial charge is 0.399 e. The van der Waals surface area contributed by atoms with Crippen molar-refractivity contribution >= 4 is 39.5 Å². The van der Waals surface area contributed by atoms with Crippen molar-refractivity contribution in [2.75, 3.05) is 31.9 Å². The zero-order chi connectivity index (χ0) is 20.4. The zero-order valence-corrected chi connectivity index (χ0v) is 17.8. The van der Waals surface area contributed by atoms with Crippen LogP contribution >= 0.6 is 15.9 Å². The molecule has 2 heterocycles. The first-order valence-electron chi connectivity index (χ1n) is 9.82. The number of amides is 2. The second kappa shape index (κ2) is 8.03. The van der Waals surface area contributed by atoms with E-state index in [0.29, 0.717) is 11.3 Å². The van der Waals surface area contributed by atoms with Crippen molar-refractivity contribution in [3.63, 3.8) is 0 Å². The fourth-order valence-electron chi connectivity index (χ4n) is 4.07. The van der Waals surface area contributed by atoms with Crippen LogP contribution in [0.4, 0.5) is 5.69 Å². The van der Waals surface area contributed by atoms with Crippen molar-refractivity contribution in [1.82, 2.24) is 9.80 Å². The number of nitrogens with zero attached hydrogens (tertiary/aromatic N) is 2. The van der Waals surface area contributed by atoms with E-state index in [9.17, 15) is 9.59 Å². The highest BCUT2D eigenvalue weighted by atomic mass is 79.9. The molecular weight excluding hydrogens is 430 g/mol. The Balaban J connectivity index is 1.27. The summed E-state index contributed by atoms with van der Waals surface area (Å²) in [7, 11) is 0. The van der Waals surface area contributed by atoms with Crippen LogP contribution in [0.5, 0.6) is 0 Å². The molecule has 0 unspecified atom stereocenters. The molecule has 0 aromatic heterocycles. The van der Waals surface area contributed by atoms with E-state index < -0.39 is 0 Å². The van der Waals surface area contributed by atoms with E-state index >= 15 is 0 Å². The fourth-order valence-corrected chi connectivity index (χ4v) is 4.34. The van der Waals surface area contributed by atoms with Crippen LogP contribution in [0.2, 0.25) is 0 Å². The first kappa shape index (κ1) is 19.7. The Hall–Kier alpha value is -2.60. The Kier molecular flexibility index (Phi) is 5.46. The highest BCUT2D eigenvalue weighted by molar-refractivity contribution is 9.10. The molecule has 1 spiro atoms. The number of rotatable bonds is 3. The van der Waals surface area contributed by atoms with Crippen LogP contribution in [-0.2, 0) is 4.79 Å². The molecule has 0 bridgehead atoms. The highest BCUT2D eigenvalue weighted by Crippen LogP contribution is 2.40. The minimum atomic E-state index is 0.0546. The average molecular weight is 454 g/mol. The van der Waals surface area contributed by atoms with E-state index in [1.165, 1.54) is 0 Å². The van der Waals surface area contributed by atoms with Gasteiger partial charge in [0.1, 0.15) is 0 Å². The first-order valence-corrected chi connectivity index (χ1v) is 10.6. The maximum atomic E-state index is 12.7. The number of likely N-dealkylation sites (tertiary alicyclic amines) is 2. The van der Waals surface area contributed by atoms with Crippen molar-refractivity contribution in [1.29, 1.82) is 0 Å². The lowest BCUT2D eigenvalue weighted by Gasteiger charge is -2.53. The number of piperidine rings is 1. The second-order valence-electron chi connectivity index (χ2n) is 7.99. The molecule has 0 aliphatic carbocycles. The van der Waals surface area contributed by atoms with Gasteiger partial charge in [-0.2, -0.15) is 0 Å². The summed E-state index contributed by atoms with van der Waals surface area (Å²) in [6.07, 6.45) is 5.38. The molecule has 2 amide bonds. The predicted molar refractivity (Wildman–Crippen MR) is 118 cm³/mol. The Labute approximate surface area is 179 Å². The molecule has 0 saturated carbocycles. The van der Waals surface area contributed by atoms with Gasteiger partial charge in [-0.1, -0.05) is 28.1 Å². The van der Waals surface area contributed by atoms with Gasteiger partial charge in [0.2, 0.25) is 5.91 Å². The second-order valence-corrected chi connectivity index (χ2v) is 8.91. The summed E-state index contributed by atoms with van der Waals surface area (Å²) >= 11 is 3.41.